The summed E-state index contributed by atoms with van der Waals surface area (Å²) in [6.07, 6.45) is 0. The highest BCUT2D eigenvalue weighted by Crippen LogP contribution is 1.85. The quantitative estimate of drug-likeness (QED) is 0.547. The van der Waals surface area contributed by atoms with Gasteiger partial charge in [-0.15, -0.1) is 0 Å². The first-order chi connectivity index (χ1) is 4.22. The molecule has 9 heavy (non-hydrogen) atoms. The average Bonchev–Trinajstić information content (AvgIpc) is 1.87. The van der Waals surface area contributed by atoms with Gasteiger partial charge in [-0.3, -0.25) is 4.79 Å². The standard InChI is InChI=1S/C5H10FNO2/c1-2-9-5(8)4(7)3-6/h4H,2-3,7H2,1H3/t4-/m1/s1. The van der Waals surface area contributed by atoms with E-state index >= 15 is 0 Å². The summed E-state index contributed by atoms with van der Waals surface area (Å²) >= 11 is 0. The van der Waals surface area contributed by atoms with E-state index in [1.54, 1.807) is 6.92 Å². The first-order valence-electron chi connectivity index (χ1n) is 2.70. The van der Waals surface area contributed by atoms with Crippen molar-refractivity contribution in [2.45, 2.75) is 13.0 Å². The second-order valence-electron chi connectivity index (χ2n) is 1.51. The van der Waals surface area contributed by atoms with Gasteiger partial charge in [0.05, 0.1) is 6.61 Å². The Hall–Kier alpha value is -0.640. The molecule has 0 heterocycles. The smallest absolute Gasteiger partial charge is 0.325 e. The molecule has 0 unspecified atom stereocenters. The van der Waals surface area contributed by atoms with Gasteiger partial charge in [0.25, 0.3) is 0 Å². The fourth-order valence-corrected chi connectivity index (χ4v) is 0.312. The predicted octanol–water partition coefficient (Wildman–Crippen LogP) is -0.154. The largest absolute Gasteiger partial charge is 0.465 e. The molecule has 0 fully saturated rings. The van der Waals surface area contributed by atoms with Crippen molar-refractivity contribution < 1.29 is 13.9 Å². The van der Waals surface area contributed by atoms with E-state index in [-0.39, 0.29) is 6.61 Å². The minimum atomic E-state index is -1.11. The van der Waals surface area contributed by atoms with Crippen molar-refractivity contribution in [1.29, 1.82) is 0 Å². The molecule has 0 spiro atoms. The molecule has 0 aliphatic rings. The number of rotatable bonds is 3. The lowest BCUT2D eigenvalue weighted by Crippen LogP contribution is -2.34. The zero-order valence-electron chi connectivity index (χ0n) is 5.26. The predicted molar refractivity (Wildman–Crippen MR) is 30.6 cm³/mol. The summed E-state index contributed by atoms with van der Waals surface area (Å²) < 4.78 is 15.9. The number of halogens is 1. The Morgan fingerprint density at radius 1 is 1.89 bits per heavy atom. The lowest BCUT2D eigenvalue weighted by Gasteiger charge is -2.04. The second-order valence-corrected chi connectivity index (χ2v) is 1.51. The van der Waals surface area contributed by atoms with Crippen molar-refractivity contribution in [2.24, 2.45) is 5.73 Å². The molecule has 0 aromatic rings. The average molecular weight is 135 g/mol. The van der Waals surface area contributed by atoms with E-state index in [9.17, 15) is 9.18 Å². The molecule has 0 radical (unpaired) electrons. The number of carbonyl (C=O) groups excluding carboxylic acids is 1. The number of ether oxygens (including phenoxy) is 1. The molecule has 0 aromatic carbocycles. The van der Waals surface area contributed by atoms with Crippen LogP contribution in [0.3, 0.4) is 0 Å². The van der Waals surface area contributed by atoms with Crippen LogP contribution in [-0.4, -0.2) is 25.3 Å². The monoisotopic (exact) mass is 135 g/mol. The van der Waals surface area contributed by atoms with Crippen LogP contribution < -0.4 is 5.73 Å². The van der Waals surface area contributed by atoms with E-state index in [0.717, 1.165) is 0 Å². The summed E-state index contributed by atoms with van der Waals surface area (Å²) in [6.45, 7) is 1.02. The van der Waals surface area contributed by atoms with Gasteiger partial charge in [-0.2, -0.15) is 0 Å². The van der Waals surface area contributed by atoms with Crippen molar-refractivity contribution >= 4 is 5.97 Å². The van der Waals surface area contributed by atoms with Crippen LogP contribution in [-0.2, 0) is 9.53 Å². The summed E-state index contributed by atoms with van der Waals surface area (Å²) in [5, 5.41) is 0. The third-order valence-electron chi connectivity index (χ3n) is 0.756. The SMILES string of the molecule is CCOC(=O)[C@H](N)CF. The Morgan fingerprint density at radius 2 is 2.44 bits per heavy atom. The van der Waals surface area contributed by atoms with Crippen LogP contribution in [0.25, 0.3) is 0 Å². The Balaban J connectivity index is 3.46. The van der Waals surface area contributed by atoms with E-state index in [1.807, 2.05) is 0 Å². The van der Waals surface area contributed by atoms with E-state index in [1.165, 1.54) is 0 Å². The van der Waals surface area contributed by atoms with Gasteiger partial charge in [-0.1, -0.05) is 0 Å². The van der Waals surface area contributed by atoms with Crippen LogP contribution in [0.2, 0.25) is 0 Å². The van der Waals surface area contributed by atoms with Gasteiger partial charge in [0, 0.05) is 0 Å². The Morgan fingerprint density at radius 3 is 2.78 bits per heavy atom. The maximum absolute atomic E-state index is 11.5. The highest BCUT2D eigenvalue weighted by atomic mass is 19.1. The van der Waals surface area contributed by atoms with E-state index in [0.29, 0.717) is 0 Å². The summed E-state index contributed by atoms with van der Waals surface area (Å²) in [4.78, 5) is 10.4. The maximum Gasteiger partial charge on any atom is 0.325 e. The first kappa shape index (κ1) is 8.36. The van der Waals surface area contributed by atoms with Crippen LogP contribution in [0.1, 0.15) is 6.92 Å². The lowest BCUT2D eigenvalue weighted by molar-refractivity contribution is -0.145. The van der Waals surface area contributed by atoms with Crippen LogP contribution in [0.5, 0.6) is 0 Å². The van der Waals surface area contributed by atoms with Crippen LogP contribution >= 0.6 is 0 Å². The third-order valence-corrected chi connectivity index (χ3v) is 0.756. The van der Waals surface area contributed by atoms with Crippen LogP contribution in [0.15, 0.2) is 0 Å². The van der Waals surface area contributed by atoms with Gasteiger partial charge < -0.3 is 10.5 Å². The Kier molecular flexibility index (Phi) is 3.96. The maximum atomic E-state index is 11.5. The molecule has 0 saturated carbocycles. The summed E-state index contributed by atoms with van der Waals surface area (Å²) in [6, 6.07) is -1.11. The van der Waals surface area contributed by atoms with Crippen molar-refractivity contribution in [2.75, 3.05) is 13.3 Å². The molecule has 2 N–H and O–H groups in total. The van der Waals surface area contributed by atoms with Gasteiger partial charge in [-0.25, -0.2) is 4.39 Å². The highest BCUT2D eigenvalue weighted by molar-refractivity contribution is 5.75. The number of carbonyl (C=O) groups is 1. The van der Waals surface area contributed by atoms with Crippen molar-refractivity contribution in [1.82, 2.24) is 0 Å². The van der Waals surface area contributed by atoms with Gasteiger partial charge in [0.15, 0.2) is 0 Å². The first-order valence-corrected chi connectivity index (χ1v) is 2.70. The molecule has 0 saturated heterocycles. The highest BCUT2D eigenvalue weighted by Gasteiger charge is 2.12. The van der Waals surface area contributed by atoms with E-state index < -0.39 is 18.7 Å². The summed E-state index contributed by atoms with van der Waals surface area (Å²) in [5.74, 6) is -0.681. The van der Waals surface area contributed by atoms with Crippen molar-refractivity contribution in [3.63, 3.8) is 0 Å². The minimum Gasteiger partial charge on any atom is -0.465 e. The fourth-order valence-electron chi connectivity index (χ4n) is 0.312. The van der Waals surface area contributed by atoms with Crippen LogP contribution in [0, 0.1) is 0 Å². The Bertz CT molecular complexity index is 97.0. The molecule has 0 aliphatic carbocycles. The number of hydrogen-bond acceptors (Lipinski definition) is 3. The summed E-state index contributed by atoms with van der Waals surface area (Å²) in [7, 11) is 0. The van der Waals surface area contributed by atoms with Crippen LogP contribution in [0.4, 0.5) is 4.39 Å². The number of alkyl halides is 1. The van der Waals surface area contributed by atoms with Gasteiger partial charge in [-0.05, 0) is 6.92 Å². The van der Waals surface area contributed by atoms with Crippen molar-refractivity contribution in [3.8, 4) is 0 Å². The zero-order valence-corrected chi connectivity index (χ0v) is 5.26. The second kappa shape index (κ2) is 4.26. The molecule has 4 heteroatoms. The fraction of sp³-hybridized carbons (Fsp3) is 0.800. The van der Waals surface area contributed by atoms with Crippen molar-refractivity contribution in [3.05, 3.63) is 0 Å². The molecular formula is C5H10FNO2. The van der Waals surface area contributed by atoms with Gasteiger partial charge in [0.2, 0.25) is 0 Å². The van der Waals surface area contributed by atoms with E-state index in [2.05, 4.69) is 4.74 Å². The zero-order chi connectivity index (χ0) is 7.28. The normalized spacial score (nSPS) is 12.8. The molecule has 3 nitrogen and oxygen atoms in total. The molecule has 0 aliphatic heterocycles. The van der Waals surface area contributed by atoms with Gasteiger partial charge >= 0.3 is 5.97 Å². The third kappa shape index (κ3) is 3.03. The van der Waals surface area contributed by atoms with E-state index in [4.69, 9.17) is 5.73 Å². The molecule has 0 rings (SSSR count). The Labute approximate surface area is 53.0 Å². The topological polar surface area (TPSA) is 52.3 Å². The summed E-state index contributed by atoms with van der Waals surface area (Å²) in [5.41, 5.74) is 4.95. The molecular weight excluding hydrogens is 125 g/mol. The number of hydrogen-bond donors (Lipinski definition) is 1. The lowest BCUT2D eigenvalue weighted by atomic mass is 10.4. The van der Waals surface area contributed by atoms with Gasteiger partial charge in [0.1, 0.15) is 12.7 Å². The molecule has 0 aromatic heterocycles. The molecule has 54 valence electrons. The molecule has 0 amide bonds. The minimum absolute atomic E-state index is 0.243. The molecule has 1 atom stereocenters. The molecule has 0 bridgehead atoms. The number of nitrogens with two attached hydrogens (primary N) is 1. The number of esters is 1.